The fraction of sp³-hybridized carbons (Fsp3) is 0.333. The molecule has 2 aromatic rings. The van der Waals surface area contributed by atoms with Crippen molar-refractivity contribution in [1.29, 1.82) is 0 Å². The molecule has 2 bridgehead atoms. The van der Waals surface area contributed by atoms with Crippen LogP contribution in [0.15, 0.2) is 72.8 Å². The van der Waals surface area contributed by atoms with Gasteiger partial charge in [0, 0.05) is 23.4 Å². The third-order valence-electron chi connectivity index (χ3n) is 6.64. The van der Waals surface area contributed by atoms with Crippen LogP contribution in [0.25, 0.3) is 0 Å². The van der Waals surface area contributed by atoms with Crippen molar-refractivity contribution in [2.45, 2.75) is 17.3 Å². The number of aliphatic hydroxyl groups is 1. The summed E-state index contributed by atoms with van der Waals surface area (Å²) >= 11 is 0. The molecule has 1 nitrogen and oxygen atoms in total. The van der Waals surface area contributed by atoms with Crippen molar-refractivity contribution in [3.05, 3.63) is 83.9 Å². The van der Waals surface area contributed by atoms with Gasteiger partial charge in [-0.25, -0.2) is 0 Å². The molecule has 110 valence electrons. The summed E-state index contributed by atoms with van der Waals surface area (Å²) in [7, 11) is 0. The van der Waals surface area contributed by atoms with E-state index in [9.17, 15) is 5.11 Å². The van der Waals surface area contributed by atoms with Crippen molar-refractivity contribution in [2.75, 3.05) is 6.61 Å². The zero-order valence-electron chi connectivity index (χ0n) is 12.5. The number of allylic oxidation sites excluding steroid dienone is 2. The summed E-state index contributed by atoms with van der Waals surface area (Å²) in [5.74, 6) is 1.47. The summed E-state index contributed by atoms with van der Waals surface area (Å²) in [5.41, 5.74) is 3.03. The Balaban J connectivity index is 1.78. The minimum atomic E-state index is 0.101. The number of aliphatic hydroxyl groups excluding tert-OH is 1. The van der Waals surface area contributed by atoms with Gasteiger partial charge in [-0.2, -0.15) is 0 Å². The molecule has 3 aliphatic rings. The van der Waals surface area contributed by atoms with Crippen LogP contribution in [0.5, 0.6) is 0 Å². The van der Waals surface area contributed by atoms with Crippen LogP contribution in [0.1, 0.15) is 17.5 Å². The van der Waals surface area contributed by atoms with Crippen LogP contribution in [-0.2, 0) is 10.8 Å². The molecule has 0 aliphatic heterocycles. The van der Waals surface area contributed by atoms with Crippen LogP contribution in [0.4, 0.5) is 0 Å². The molecule has 22 heavy (non-hydrogen) atoms. The van der Waals surface area contributed by atoms with Crippen molar-refractivity contribution in [1.82, 2.24) is 0 Å². The molecule has 0 heterocycles. The van der Waals surface area contributed by atoms with Crippen LogP contribution in [-0.4, -0.2) is 11.7 Å². The van der Waals surface area contributed by atoms with E-state index in [1.54, 1.807) is 0 Å². The summed E-state index contributed by atoms with van der Waals surface area (Å²) in [6.07, 6.45) is 6.06. The number of rotatable bonds is 3. The van der Waals surface area contributed by atoms with Crippen LogP contribution in [0.3, 0.4) is 0 Å². The van der Waals surface area contributed by atoms with E-state index < -0.39 is 0 Å². The molecule has 0 amide bonds. The van der Waals surface area contributed by atoms with Gasteiger partial charge in [-0.15, -0.1) is 0 Å². The van der Waals surface area contributed by atoms with Crippen molar-refractivity contribution < 1.29 is 5.11 Å². The van der Waals surface area contributed by atoms with Gasteiger partial charge in [-0.05, 0) is 29.4 Å². The second-order valence-corrected chi connectivity index (χ2v) is 7.04. The van der Waals surface area contributed by atoms with Crippen molar-refractivity contribution in [3.63, 3.8) is 0 Å². The highest BCUT2D eigenvalue weighted by Crippen LogP contribution is 2.83. The molecular formula is C21H20O. The van der Waals surface area contributed by atoms with E-state index in [-0.39, 0.29) is 17.4 Å². The zero-order valence-corrected chi connectivity index (χ0v) is 12.5. The smallest absolute Gasteiger partial charge is 0.0477 e. The lowest BCUT2D eigenvalue weighted by atomic mass is 9.75. The van der Waals surface area contributed by atoms with Crippen molar-refractivity contribution in [3.8, 4) is 0 Å². The first kappa shape index (κ1) is 12.7. The van der Waals surface area contributed by atoms with Gasteiger partial charge < -0.3 is 5.11 Å². The minimum Gasteiger partial charge on any atom is -0.396 e. The number of fused-ring (bicyclic) bond motifs is 5. The molecule has 1 heteroatoms. The van der Waals surface area contributed by atoms with Gasteiger partial charge in [-0.3, -0.25) is 0 Å². The van der Waals surface area contributed by atoms with Gasteiger partial charge in [0.1, 0.15) is 0 Å². The third kappa shape index (κ3) is 1.15. The molecule has 2 fully saturated rings. The molecule has 2 saturated carbocycles. The first-order chi connectivity index (χ1) is 10.9. The minimum absolute atomic E-state index is 0.101. The molecule has 4 unspecified atom stereocenters. The van der Waals surface area contributed by atoms with E-state index in [1.807, 2.05) is 0 Å². The molecule has 1 N–H and O–H groups in total. The quantitative estimate of drug-likeness (QED) is 0.854. The maximum Gasteiger partial charge on any atom is 0.0477 e. The SMILES string of the molecule is OCC1C2(c3ccccc3)C3C=CC(C3)C12c1ccccc1. The lowest BCUT2D eigenvalue weighted by molar-refractivity contribution is 0.236. The first-order valence-corrected chi connectivity index (χ1v) is 8.27. The van der Waals surface area contributed by atoms with E-state index in [0.717, 1.165) is 0 Å². The van der Waals surface area contributed by atoms with Gasteiger partial charge in [0.2, 0.25) is 0 Å². The summed E-state index contributed by atoms with van der Waals surface area (Å²) in [6, 6.07) is 21.8. The van der Waals surface area contributed by atoms with Crippen molar-refractivity contribution >= 4 is 0 Å². The average molecular weight is 288 g/mol. The highest BCUT2D eigenvalue weighted by Gasteiger charge is 2.85. The van der Waals surface area contributed by atoms with Gasteiger partial charge in [-0.1, -0.05) is 72.8 Å². The Morgan fingerprint density at radius 3 is 1.64 bits per heavy atom. The number of benzene rings is 2. The Morgan fingerprint density at radius 2 is 1.23 bits per heavy atom. The second-order valence-electron chi connectivity index (χ2n) is 7.04. The lowest BCUT2D eigenvalue weighted by Gasteiger charge is -2.28. The summed E-state index contributed by atoms with van der Waals surface area (Å²) < 4.78 is 0. The summed E-state index contributed by atoms with van der Waals surface area (Å²) in [5, 5.41) is 10.2. The molecule has 4 atom stereocenters. The summed E-state index contributed by atoms with van der Waals surface area (Å²) in [6.45, 7) is 0.276. The van der Waals surface area contributed by atoms with E-state index >= 15 is 0 Å². The molecular weight excluding hydrogens is 268 g/mol. The van der Waals surface area contributed by atoms with Gasteiger partial charge in [0.05, 0.1) is 0 Å². The van der Waals surface area contributed by atoms with Crippen LogP contribution in [0, 0.1) is 17.8 Å². The monoisotopic (exact) mass is 288 g/mol. The molecule has 2 aromatic carbocycles. The Hall–Kier alpha value is -1.86. The number of hydrogen-bond donors (Lipinski definition) is 1. The molecule has 0 saturated heterocycles. The fourth-order valence-corrected chi connectivity index (χ4v) is 6.13. The summed E-state index contributed by atoms with van der Waals surface area (Å²) in [4.78, 5) is 0. The maximum atomic E-state index is 10.2. The third-order valence-corrected chi connectivity index (χ3v) is 6.64. The van der Waals surface area contributed by atoms with Crippen LogP contribution >= 0.6 is 0 Å². The van der Waals surface area contributed by atoms with E-state index in [4.69, 9.17) is 0 Å². The fourth-order valence-electron chi connectivity index (χ4n) is 6.13. The second kappa shape index (κ2) is 4.11. The van der Waals surface area contributed by atoms with Crippen LogP contribution in [0.2, 0.25) is 0 Å². The van der Waals surface area contributed by atoms with Gasteiger partial charge >= 0.3 is 0 Å². The van der Waals surface area contributed by atoms with Crippen LogP contribution < -0.4 is 0 Å². The van der Waals surface area contributed by atoms with E-state index in [2.05, 4.69) is 72.8 Å². The lowest BCUT2D eigenvalue weighted by Crippen LogP contribution is -2.26. The highest BCUT2D eigenvalue weighted by atomic mass is 16.3. The largest absolute Gasteiger partial charge is 0.396 e. The first-order valence-electron chi connectivity index (χ1n) is 8.27. The topological polar surface area (TPSA) is 20.2 Å². The predicted octanol–water partition coefficient (Wildman–Crippen LogP) is 3.69. The Morgan fingerprint density at radius 1 is 0.773 bits per heavy atom. The molecule has 3 aliphatic carbocycles. The Labute approximate surface area is 131 Å². The van der Waals surface area contributed by atoms with E-state index in [1.165, 1.54) is 17.5 Å². The van der Waals surface area contributed by atoms with Gasteiger partial charge in [0.15, 0.2) is 0 Å². The van der Waals surface area contributed by atoms with E-state index in [0.29, 0.717) is 17.8 Å². The Kier molecular flexibility index (Phi) is 2.37. The average Bonchev–Trinajstić information content (AvgIpc) is 2.85. The predicted molar refractivity (Wildman–Crippen MR) is 87.6 cm³/mol. The number of hydrogen-bond acceptors (Lipinski definition) is 1. The van der Waals surface area contributed by atoms with Crippen molar-refractivity contribution in [2.24, 2.45) is 17.8 Å². The zero-order chi connectivity index (χ0) is 14.8. The highest BCUT2D eigenvalue weighted by molar-refractivity contribution is 5.60. The molecule has 0 radical (unpaired) electrons. The normalized spacial score (nSPS) is 40.7. The standard InChI is InChI=1S/C21H20O/c22-14-19-20(15-7-3-1-4-8-15)17-11-12-18(13-17)21(19,20)16-9-5-2-6-10-16/h1-12,17-19,22H,13-14H2. The van der Waals surface area contributed by atoms with Gasteiger partial charge in [0.25, 0.3) is 0 Å². The molecule has 0 aromatic heterocycles. The molecule has 0 spiro atoms. The molecule has 5 rings (SSSR count). The maximum absolute atomic E-state index is 10.2. The Bertz CT molecular complexity index is 674.